The van der Waals surface area contributed by atoms with Gasteiger partial charge in [0, 0.05) is 22.5 Å². The van der Waals surface area contributed by atoms with Gasteiger partial charge in [0.25, 0.3) is 0 Å². The van der Waals surface area contributed by atoms with Crippen LogP contribution in [0.5, 0.6) is 11.5 Å². The number of carbonyl (C=O) groups excluding carboxylic acids is 3. The van der Waals surface area contributed by atoms with Crippen molar-refractivity contribution in [3.8, 4) is 11.5 Å². The van der Waals surface area contributed by atoms with E-state index >= 15 is 4.79 Å². The molecule has 7 rings (SSSR count). The third kappa shape index (κ3) is 3.70. The number of fused-ring (bicyclic) bond motifs is 6. The molecule has 1 spiro atoms. The summed E-state index contributed by atoms with van der Waals surface area (Å²) in [4.78, 5) is 46.5. The van der Waals surface area contributed by atoms with E-state index in [-0.39, 0.29) is 23.0 Å². The number of carbonyl (C=O) groups is 3. The Bertz CT molecular complexity index is 1830. The standard InChI is InChI=1S/C36H30N2O5/c1-21-19-30-36(26-14-8-9-15-27(26)37-35(36)41)31(34(40)25-20-23(42-2)17-18-29(25)43-3)32(33(39)22-11-5-4-6-12-22)38(30)28-16-10-7-13-24(21)28/h4-20,30-32H,1-3H3,(H,37,41)/t30-,31-,32+,36+/m0/s1. The third-order valence-electron chi connectivity index (χ3n) is 9.17. The number of amides is 1. The quantitative estimate of drug-likeness (QED) is 0.289. The van der Waals surface area contributed by atoms with Crippen LogP contribution in [0.3, 0.4) is 0 Å². The minimum Gasteiger partial charge on any atom is -0.497 e. The Morgan fingerprint density at radius 3 is 2.33 bits per heavy atom. The number of anilines is 2. The van der Waals surface area contributed by atoms with E-state index in [1.54, 1.807) is 30.3 Å². The second kappa shape index (κ2) is 9.98. The lowest BCUT2D eigenvalue weighted by Crippen LogP contribution is -2.51. The Hall–Kier alpha value is -5.17. The molecule has 0 aliphatic carbocycles. The maximum atomic E-state index is 15.2. The van der Waals surface area contributed by atoms with Crippen molar-refractivity contribution < 1.29 is 23.9 Å². The van der Waals surface area contributed by atoms with Gasteiger partial charge in [-0.2, -0.15) is 0 Å². The summed E-state index contributed by atoms with van der Waals surface area (Å²) in [6.45, 7) is 2.01. The van der Waals surface area contributed by atoms with Crippen LogP contribution < -0.4 is 19.7 Å². The zero-order valence-electron chi connectivity index (χ0n) is 24.0. The minimum absolute atomic E-state index is 0.234. The monoisotopic (exact) mass is 570 g/mol. The van der Waals surface area contributed by atoms with Crippen molar-refractivity contribution in [3.63, 3.8) is 0 Å². The van der Waals surface area contributed by atoms with Gasteiger partial charge in [-0.15, -0.1) is 0 Å². The first-order chi connectivity index (χ1) is 20.9. The third-order valence-corrected chi connectivity index (χ3v) is 9.17. The number of rotatable bonds is 6. The SMILES string of the molecule is COc1ccc(OC)c(C(=O)[C@@H]2[C@H](C(=O)c3ccccc3)N3c4ccccc4C(C)=C[C@H]3[C@@]23C(=O)Nc2ccccc23)c1. The van der Waals surface area contributed by atoms with Crippen molar-refractivity contribution in [1.29, 1.82) is 0 Å². The lowest BCUT2D eigenvalue weighted by Gasteiger charge is -2.39. The van der Waals surface area contributed by atoms with Crippen LogP contribution in [0.1, 0.15) is 38.8 Å². The maximum Gasteiger partial charge on any atom is 0.238 e. The van der Waals surface area contributed by atoms with E-state index in [4.69, 9.17) is 9.47 Å². The first kappa shape index (κ1) is 26.7. The average Bonchev–Trinajstić information content (AvgIpc) is 3.52. The predicted molar refractivity (Wildman–Crippen MR) is 165 cm³/mol. The summed E-state index contributed by atoms with van der Waals surface area (Å²) < 4.78 is 11.1. The number of nitrogens with zero attached hydrogens (tertiary/aromatic N) is 1. The van der Waals surface area contributed by atoms with Gasteiger partial charge < -0.3 is 19.7 Å². The molecular formula is C36H30N2O5. The zero-order valence-corrected chi connectivity index (χ0v) is 24.0. The van der Waals surface area contributed by atoms with Crippen LogP contribution in [0.4, 0.5) is 11.4 Å². The Labute approximate surface area is 249 Å². The second-order valence-corrected chi connectivity index (χ2v) is 11.2. The highest BCUT2D eigenvalue weighted by Crippen LogP contribution is 2.59. The minimum atomic E-state index is -1.41. The smallest absolute Gasteiger partial charge is 0.238 e. The highest BCUT2D eigenvalue weighted by molar-refractivity contribution is 6.19. The number of ketones is 2. The molecular weight excluding hydrogens is 540 g/mol. The summed E-state index contributed by atoms with van der Waals surface area (Å²) in [6.07, 6.45) is 2.05. The molecule has 1 fully saturated rings. The molecule has 1 N–H and O–H groups in total. The van der Waals surface area contributed by atoms with Gasteiger partial charge in [0.05, 0.1) is 31.7 Å². The summed E-state index contributed by atoms with van der Waals surface area (Å²) in [6, 6.07) is 27.7. The van der Waals surface area contributed by atoms with Gasteiger partial charge in [0.1, 0.15) is 23.0 Å². The summed E-state index contributed by atoms with van der Waals surface area (Å²) in [5, 5.41) is 3.07. The van der Waals surface area contributed by atoms with Crippen molar-refractivity contribution >= 4 is 34.4 Å². The summed E-state index contributed by atoms with van der Waals surface area (Å²) in [5.74, 6) is -1.20. The number of hydrogen-bond acceptors (Lipinski definition) is 6. The molecule has 7 heteroatoms. The molecule has 0 radical (unpaired) electrons. The average molecular weight is 571 g/mol. The van der Waals surface area contributed by atoms with Gasteiger partial charge in [0.15, 0.2) is 11.6 Å². The van der Waals surface area contributed by atoms with Gasteiger partial charge in [-0.3, -0.25) is 14.4 Å². The van der Waals surface area contributed by atoms with Gasteiger partial charge >= 0.3 is 0 Å². The topological polar surface area (TPSA) is 84.9 Å². The molecule has 4 aromatic carbocycles. The molecule has 4 aromatic rings. The van der Waals surface area contributed by atoms with Gasteiger partial charge in [-0.1, -0.05) is 72.8 Å². The van der Waals surface area contributed by atoms with Crippen LogP contribution in [0.15, 0.2) is 103 Å². The number of allylic oxidation sites excluding steroid dienone is 1. The number of nitrogens with one attached hydrogen (secondary N) is 1. The van der Waals surface area contributed by atoms with E-state index in [9.17, 15) is 9.59 Å². The fourth-order valence-electron chi connectivity index (χ4n) is 7.33. The molecule has 214 valence electrons. The molecule has 0 saturated carbocycles. The Morgan fingerprint density at radius 2 is 1.56 bits per heavy atom. The highest BCUT2D eigenvalue weighted by atomic mass is 16.5. The molecule has 1 saturated heterocycles. The summed E-state index contributed by atoms with van der Waals surface area (Å²) in [7, 11) is 3.03. The highest BCUT2D eigenvalue weighted by Gasteiger charge is 2.70. The molecule has 0 bridgehead atoms. The number of ether oxygens (including phenoxy) is 2. The van der Waals surface area contributed by atoms with E-state index in [0.29, 0.717) is 28.3 Å². The molecule has 3 aliphatic rings. The molecule has 0 aromatic heterocycles. The van der Waals surface area contributed by atoms with Crippen LogP contribution >= 0.6 is 0 Å². The number of para-hydroxylation sites is 2. The van der Waals surface area contributed by atoms with Crippen molar-refractivity contribution in [2.45, 2.75) is 24.4 Å². The Balaban J connectivity index is 1.57. The Morgan fingerprint density at radius 1 is 0.837 bits per heavy atom. The number of methoxy groups -OCH3 is 2. The van der Waals surface area contributed by atoms with Crippen molar-refractivity contribution in [2.24, 2.45) is 5.92 Å². The van der Waals surface area contributed by atoms with Crippen LogP contribution in [0.2, 0.25) is 0 Å². The number of hydrogen-bond donors (Lipinski definition) is 1. The van der Waals surface area contributed by atoms with E-state index in [1.807, 2.05) is 84.6 Å². The molecule has 3 heterocycles. The first-order valence-electron chi connectivity index (χ1n) is 14.2. The molecule has 4 atom stereocenters. The molecule has 43 heavy (non-hydrogen) atoms. The molecule has 0 unspecified atom stereocenters. The molecule has 3 aliphatic heterocycles. The van der Waals surface area contributed by atoms with Crippen LogP contribution in [0.25, 0.3) is 5.57 Å². The Kier molecular flexibility index (Phi) is 6.20. The van der Waals surface area contributed by atoms with Crippen LogP contribution in [-0.2, 0) is 10.2 Å². The lowest BCUT2D eigenvalue weighted by molar-refractivity contribution is -0.121. The summed E-state index contributed by atoms with van der Waals surface area (Å²) in [5.41, 5.74) is 3.39. The van der Waals surface area contributed by atoms with Crippen molar-refractivity contribution in [3.05, 3.63) is 125 Å². The largest absolute Gasteiger partial charge is 0.497 e. The predicted octanol–water partition coefficient (Wildman–Crippen LogP) is 5.95. The van der Waals surface area contributed by atoms with Crippen LogP contribution in [-0.4, -0.2) is 43.8 Å². The molecule has 1 amide bonds. The van der Waals surface area contributed by atoms with Crippen LogP contribution in [0, 0.1) is 5.92 Å². The number of Topliss-reactive ketones (excluding diaryl/α,β-unsaturated/α-hetero) is 2. The van der Waals surface area contributed by atoms with Crippen molar-refractivity contribution in [1.82, 2.24) is 0 Å². The van der Waals surface area contributed by atoms with Gasteiger partial charge in [-0.25, -0.2) is 0 Å². The fraction of sp³-hybridized carbons (Fsp3) is 0.194. The number of benzene rings is 4. The van der Waals surface area contributed by atoms with E-state index in [1.165, 1.54) is 14.2 Å². The van der Waals surface area contributed by atoms with Gasteiger partial charge in [0.2, 0.25) is 5.91 Å². The van der Waals surface area contributed by atoms with E-state index in [0.717, 1.165) is 16.8 Å². The van der Waals surface area contributed by atoms with Gasteiger partial charge in [-0.05, 0) is 48.4 Å². The fourth-order valence-corrected chi connectivity index (χ4v) is 7.33. The summed E-state index contributed by atoms with van der Waals surface area (Å²) >= 11 is 0. The zero-order chi connectivity index (χ0) is 29.9. The first-order valence-corrected chi connectivity index (χ1v) is 14.2. The normalized spacial score (nSPS) is 23.1. The molecule has 7 nitrogen and oxygen atoms in total. The second-order valence-electron chi connectivity index (χ2n) is 11.2. The lowest BCUT2D eigenvalue weighted by atomic mass is 9.63. The van der Waals surface area contributed by atoms with Crippen molar-refractivity contribution in [2.75, 3.05) is 24.4 Å². The van der Waals surface area contributed by atoms with E-state index < -0.39 is 23.4 Å². The van der Waals surface area contributed by atoms with E-state index in [2.05, 4.69) is 5.32 Å². The maximum absolute atomic E-state index is 15.2.